The Hall–Kier alpha value is -1.81. The number of benzene rings is 2. The topological polar surface area (TPSA) is 29.5 Å². The zero-order valence-electron chi connectivity index (χ0n) is 11.5. The van der Waals surface area contributed by atoms with Gasteiger partial charge in [0.25, 0.3) is 5.91 Å². The predicted molar refractivity (Wildman–Crippen MR) is 82.9 cm³/mol. The molecule has 0 fully saturated rings. The maximum absolute atomic E-state index is 11.9. The number of halogens is 1. The fourth-order valence-electron chi connectivity index (χ4n) is 1.72. The molecule has 2 rings (SSSR count). The van der Waals surface area contributed by atoms with Gasteiger partial charge in [-0.05, 0) is 35.9 Å². The minimum Gasteiger partial charge on any atom is -0.489 e. The Bertz CT molecular complexity index is 594. The number of ether oxygens (including phenoxy) is 1. The Morgan fingerprint density at radius 2 is 1.85 bits per heavy atom. The van der Waals surface area contributed by atoms with Gasteiger partial charge in [-0.15, -0.1) is 0 Å². The van der Waals surface area contributed by atoms with Crippen LogP contribution in [-0.4, -0.2) is 24.9 Å². The van der Waals surface area contributed by atoms with E-state index in [0.717, 1.165) is 10.0 Å². The van der Waals surface area contributed by atoms with Crippen molar-refractivity contribution in [1.82, 2.24) is 4.90 Å². The van der Waals surface area contributed by atoms with Crippen molar-refractivity contribution in [1.29, 1.82) is 0 Å². The van der Waals surface area contributed by atoms with Gasteiger partial charge < -0.3 is 9.64 Å². The van der Waals surface area contributed by atoms with Gasteiger partial charge in [-0.3, -0.25) is 4.79 Å². The molecule has 2 aromatic carbocycles. The summed E-state index contributed by atoms with van der Waals surface area (Å²) < 4.78 is 6.76. The van der Waals surface area contributed by atoms with Gasteiger partial charge in [0, 0.05) is 24.1 Å². The van der Waals surface area contributed by atoms with Crippen LogP contribution in [0.1, 0.15) is 15.9 Å². The first-order chi connectivity index (χ1) is 9.56. The summed E-state index contributed by atoms with van der Waals surface area (Å²) in [4.78, 5) is 13.4. The minimum atomic E-state index is -0.0286. The highest BCUT2D eigenvalue weighted by Crippen LogP contribution is 2.17. The number of carbonyl (C=O) groups excluding carboxylic acids is 1. The standard InChI is InChI=1S/C16H16BrNO2/c1-18(2)16(19)13-4-3-5-15(10-13)20-11-12-6-8-14(17)9-7-12/h3-10H,11H2,1-2H3. The number of nitrogens with zero attached hydrogens (tertiary/aromatic N) is 1. The highest BCUT2D eigenvalue weighted by Gasteiger charge is 2.08. The fraction of sp³-hybridized carbons (Fsp3) is 0.188. The minimum absolute atomic E-state index is 0.0286. The summed E-state index contributed by atoms with van der Waals surface area (Å²) in [6, 6.07) is 15.2. The lowest BCUT2D eigenvalue weighted by atomic mass is 10.2. The molecule has 2 aromatic rings. The van der Waals surface area contributed by atoms with E-state index in [2.05, 4.69) is 15.9 Å². The summed E-state index contributed by atoms with van der Waals surface area (Å²) in [5.74, 6) is 0.666. The fourth-order valence-corrected chi connectivity index (χ4v) is 1.99. The Balaban J connectivity index is 2.05. The number of carbonyl (C=O) groups is 1. The lowest BCUT2D eigenvalue weighted by Crippen LogP contribution is -2.21. The second kappa shape index (κ2) is 6.57. The van der Waals surface area contributed by atoms with Crippen LogP contribution in [0.25, 0.3) is 0 Å². The van der Waals surface area contributed by atoms with E-state index in [1.165, 1.54) is 0 Å². The second-order valence-electron chi connectivity index (χ2n) is 4.64. The number of hydrogen-bond acceptors (Lipinski definition) is 2. The third kappa shape index (κ3) is 3.84. The molecular weight excluding hydrogens is 318 g/mol. The lowest BCUT2D eigenvalue weighted by Gasteiger charge is -2.12. The zero-order valence-corrected chi connectivity index (χ0v) is 13.1. The SMILES string of the molecule is CN(C)C(=O)c1cccc(OCc2ccc(Br)cc2)c1. The van der Waals surface area contributed by atoms with Crippen molar-refractivity contribution in [2.75, 3.05) is 14.1 Å². The third-order valence-electron chi connectivity index (χ3n) is 2.81. The van der Waals surface area contributed by atoms with Crippen molar-refractivity contribution >= 4 is 21.8 Å². The molecule has 0 spiro atoms. The van der Waals surface area contributed by atoms with Crippen LogP contribution < -0.4 is 4.74 Å². The average Bonchev–Trinajstić information content (AvgIpc) is 2.46. The van der Waals surface area contributed by atoms with Gasteiger partial charge in [0.05, 0.1) is 0 Å². The van der Waals surface area contributed by atoms with Gasteiger partial charge in [0.15, 0.2) is 0 Å². The van der Waals surface area contributed by atoms with Crippen molar-refractivity contribution in [2.24, 2.45) is 0 Å². The van der Waals surface area contributed by atoms with E-state index in [1.807, 2.05) is 36.4 Å². The van der Waals surface area contributed by atoms with Crippen LogP contribution in [0.4, 0.5) is 0 Å². The number of rotatable bonds is 4. The Labute approximate surface area is 127 Å². The Morgan fingerprint density at radius 1 is 1.15 bits per heavy atom. The van der Waals surface area contributed by atoms with E-state index in [1.54, 1.807) is 31.1 Å². The van der Waals surface area contributed by atoms with Crippen LogP contribution in [-0.2, 0) is 6.61 Å². The summed E-state index contributed by atoms with van der Waals surface area (Å²) in [5.41, 5.74) is 1.71. The van der Waals surface area contributed by atoms with Gasteiger partial charge in [-0.2, -0.15) is 0 Å². The molecule has 0 unspecified atom stereocenters. The summed E-state index contributed by atoms with van der Waals surface area (Å²) in [7, 11) is 3.47. The molecule has 0 saturated carbocycles. The van der Waals surface area contributed by atoms with Gasteiger partial charge in [-0.1, -0.05) is 34.1 Å². The molecule has 0 aliphatic heterocycles. The molecular formula is C16H16BrNO2. The van der Waals surface area contributed by atoms with E-state index in [-0.39, 0.29) is 5.91 Å². The molecule has 3 nitrogen and oxygen atoms in total. The second-order valence-corrected chi connectivity index (χ2v) is 5.56. The highest BCUT2D eigenvalue weighted by molar-refractivity contribution is 9.10. The molecule has 0 aliphatic carbocycles. The predicted octanol–water partition coefficient (Wildman–Crippen LogP) is 3.73. The molecule has 0 atom stereocenters. The van der Waals surface area contributed by atoms with Gasteiger partial charge in [-0.25, -0.2) is 0 Å². The van der Waals surface area contributed by atoms with E-state index in [0.29, 0.717) is 17.9 Å². The van der Waals surface area contributed by atoms with Crippen LogP contribution in [0.3, 0.4) is 0 Å². The van der Waals surface area contributed by atoms with Crippen molar-refractivity contribution in [3.8, 4) is 5.75 Å². The maximum atomic E-state index is 11.9. The van der Waals surface area contributed by atoms with Crippen molar-refractivity contribution in [3.05, 3.63) is 64.1 Å². The molecule has 0 radical (unpaired) electrons. The Morgan fingerprint density at radius 3 is 2.50 bits per heavy atom. The summed E-state index contributed by atoms with van der Waals surface area (Å²) in [5, 5.41) is 0. The largest absolute Gasteiger partial charge is 0.489 e. The molecule has 0 aliphatic rings. The smallest absolute Gasteiger partial charge is 0.253 e. The molecule has 0 saturated heterocycles. The normalized spacial score (nSPS) is 10.2. The van der Waals surface area contributed by atoms with E-state index >= 15 is 0 Å². The van der Waals surface area contributed by atoms with Crippen LogP contribution in [0, 0.1) is 0 Å². The molecule has 0 heterocycles. The highest BCUT2D eigenvalue weighted by atomic mass is 79.9. The van der Waals surface area contributed by atoms with Crippen LogP contribution in [0.15, 0.2) is 53.0 Å². The molecule has 4 heteroatoms. The van der Waals surface area contributed by atoms with Crippen molar-refractivity contribution in [3.63, 3.8) is 0 Å². The molecule has 0 aromatic heterocycles. The molecule has 0 bridgehead atoms. The van der Waals surface area contributed by atoms with Crippen molar-refractivity contribution < 1.29 is 9.53 Å². The van der Waals surface area contributed by atoms with E-state index in [4.69, 9.17) is 4.74 Å². The first-order valence-corrected chi connectivity index (χ1v) is 7.04. The van der Waals surface area contributed by atoms with E-state index in [9.17, 15) is 4.79 Å². The first-order valence-electron chi connectivity index (χ1n) is 6.25. The summed E-state index contributed by atoms with van der Waals surface area (Å²) >= 11 is 3.40. The summed E-state index contributed by atoms with van der Waals surface area (Å²) in [6.07, 6.45) is 0. The van der Waals surface area contributed by atoms with Crippen LogP contribution in [0.5, 0.6) is 5.75 Å². The van der Waals surface area contributed by atoms with Crippen LogP contribution >= 0.6 is 15.9 Å². The zero-order chi connectivity index (χ0) is 14.5. The summed E-state index contributed by atoms with van der Waals surface area (Å²) in [6.45, 7) is 0.479. The van der Waals surface area contributed by atoms with Gasteiger partial charge in [0.2, 0.25) is 0 Å². The molecule has 0 N–H and O–H groups in total. The van der Waals surface area contributed by atoms with Crippen molar-refractivity contribution in [2.45, 2.75) is 6.61 Å². The monoisotopic (exact) mass is 333 g/mol. The Kier molecular flexibility index (Phi) is 4.79. The number of amides is 1. The molecule has 104 valence electrons. The maximum Gasteiger partial charge on any atom is 0.253 e. The van der Waals surface area contributed by atoms with Gasteiger partial charge >= 0.3 is 0 Å². The van der Waals surface area contributed by atoms with E-state index < -0.39 is 0 Å². The lowest BCUT2D eigenvalue weighted by molar-refractivity contribution is 0.0827. The number of hydrogen-bond donors (Lipinski definition) is 0. The average molecular weight is 334 g/mol. The molecule has 1 amide bonds. The quantitative estimate of drug-likeness (QED) is 0.853. The first kappa shape index (κ1) is 14.6. The van der Waals surface area contributed by atoms with Gasteiger partial charge in [0.1, 0.15) is 12.4 Å². The van der Waals surface area contributed by atoms with Crippen LogP contribution in [0.2, 0.25) is 0 Å². The third-order valence-corrected chi connectivity index (χ3v) is 3.33. The molecule has 20 heavy (non-hydrogen) atoms.